The van der Waals surface area contributed by atoms with Gasteiger partial charge in [0.15, 0.2) is 0 Å². The lowest BCUT2D eigenvalue weighted by Gasteiger charge is -2.39. The maximum Gasteiger partial charge on any atom is 0.255 e. The molecule has 4 rings (SSSR count). The first-order valence-electron chi connectivity index (χ1n) is 8.71. The normalized spacial score (nSPS) is 24.3. The van der Waals surface area contributed by atoms with Gasteiger partial charge in [-0.1, -0.05) is 12.1 Å². The van der Waals surface area contributed by atoms with Crippen LogP contribution in [-0.4, -0.2) is 59.7 Å². The van der Waals surface area contributed by atoms with Crippen molar-refractivity contribution in [2.75, 3.05) is 20.1 Å². The number of likely N-dealkylation sites (N-methyl/N-ethyl adjacent to an activating group) is 1. The van der Waals surface area contributed by atoms with Crippen LogP contribution in [-0.2, 0) is 22.7 Å². The number of amides is 3. The zero-order valence-electron chi connectivity index (χ0n) is 14.2. The van der Waals surface area contributed by atoms with Crippen molar-refractivity contribution in [3.8, 4) is 0 Å². The summed E-state index contributed by atoms with van der Waals surface area (Å²) in [6.07, 6.45) is 0.680. The fourth-order valence-corrected chi connectivity index (χ4v) is 3.84. The van der Waals surface area contributed by atoms with Crippen molar-refractivity contribution in [3.05, 3.63) is 34.9 Å². The van der Waals surface area contributed by atoms with Crippen molar-refractivity contribution in [2.45, 2.75) is 38.0 Å². The van der Waals surface area contributed by atoms with Gasteiger partial charge in [0.1, 0.15) is 6.04 Å². The number of carbonyl (C=O) groups excluding carboxylic acids is 3. The van der Waals surface area contributed by atoms with Gasteiger partial charge < -0.3 is 10.2 Å². The second-order valence-electron chi connectivity index (χ2n) is 7.07. The minimum atomic E-state index is -0.548. The van der Waals surface area contributed by atoms with Crippen LogP contribution in [0, 0.1) is 0 Å². The van der Waals surface area contributed by atoms with Gasteiger partial charge in [-0.25, -0.2) is 0 Å². The SMILES string of the molecule is CNC1CN(Cc2ccc3c(c2)C(=O)N(C2CCC(=O)NC2=O)C3)C1. The summed E-state index contributed by atoms with van der Waals surface area (Å²) < 4.78 is 0. The zero-order chi connectivity index (χ0) is 17.6. The van der Waals surface area contributed by atoms with E-state index in [0.717, 1.165) is 30.8 Å². The molecule has 7 heteroatoms. The predicted molar refractivity (Wildman–Crippen MR) is 90.6 cm³/mol. The molecule has 1 unspecified atom stereocenters. The van der Waals surface area contributed by atoms with Gasteiger partial charge in [-0.15, -0.1) is 0 Å². The Balaban J connectivity index is 1.46. The molecular formula is C18H22N4O3. The predicted octanol–water partition coefficient (Wildman–Crippen LogP) is -0.149. The third kappa shape index (κ3) is 2.94. The Morgan fingerprint density at radius 2 is 2.04 bits per heavy atom. The van der Waals surface area contributed by atoms with Gasteiger partial charge in [-0.3, -0.25) is 24.6 Å². The van der Waals surface area contributed by atoms with Crippen molar-refractivity contribution in [2.24, 2.45) is 0 Å². The van der Waals surface area contributed by atoms with Crippen LogP contribution in [0.2, 0.25) is 0 Å². The van der Waals surface area contributed by atoms with E-state index in [1.54, 1.807) is 4.90 Å². The van der Waals surface area contributed by atoms with E-state index < -0.39 is 6.04 Å². The van der Waals surface area contributed by atoms with Gasteiger partial charge in [0.05, 0.1) is 0 Å². The summed E-state index contributed by atoms with van der Waals surface area (Å²) in [6, 6.07) is 6.01. The second kappa shape index (κ2) is 6.24. The summed E-state index contributed by atoms with van der Waals surface area (Å²) in [6.45, 7) is 3.30. The van der Waals surface area contributed by atoms with Gasteiger partial charge in [-0.2, -0.15) is 0 Å². The molecule has 0 aliphatic carbocycles. The molecule has 0 bridgehead atoms. The zero-order valence-corrected chi connectivity index (χ0v) is 14.2. The van der Waals surface area contributed by atoms with Crippen LogP contribution in [0.1, 0.15) is 34.3 Å². The molecule has 0 saturated carbocycles. The van der Waals surface area contributed by atoms with E-state index in [4.69, 9.17) is 0 Å². The van der Waals surface area contributed by atoms with E-state index in [1.807, 2.05) is 19.2 Å². The minimum Gasteiger partial charge on any atom is -0.322 e. The first-order chi connectivity index (χ1) is 12.0. The number of hydrogen-bond acceptors (Lipinski definition) is 5. The van der Waals surface area contributed by atoms with E-state index in [0.29, 0.717) is 24.6 Å². The summed E-state index contributed by atoms with van der Waals surface area (Å²) in [5, 5.41) is 5.58. The molecule has 0 spiro atoms. The maximum atomic E-state index is 12.8. The molecule has 1 aromatic carbocycles. The van der Waals surface area contributed by atoms with Crippen LogP contribution in [0.4, 0.5) is 0 Å². The van der Waals surface area contributed by atoms with Gasteiger partial charge in [0, 0.05) is 44.2 Å². The highest BCUT2D eigenvalue weighted by Crippen LogP contribution is 2.28. The van der Waals surface area contributed by atoms with E-state index in [1.165, 1.54) is 0 Å². The molecule has 2 N–H and O–H groups in total. The number of rotatable bonds is 4. The number of carbonyl (C=O) groups is 3. The van der Waals surface area contributed by atoms with Gasteiger partial charge in [-0.05, 0) is 30.7 Å². The van der Waals surface area contributed by atoms with Crippen molar-refractivity contribution < 1.29 is 14.4 Å². The third-order valence-corrected chi connectivity index (χ3v) is 5.36. The average Bonchev–Trinajstić information content (AvgIpc) is 2.87. The molecule has 2 saturated heterocycles. The number of likely N-dealkylation sites (tertiary alicyclic amines) is 1. The molecule has 1 atom stereocenters. The standard InChI is InChI=1S/C18H22N4O3/c1-19-13-9-21(10-13)7-11-2-3-12-8-22(18(25)14(12)6-11)15-4-5-16(23)20-17(15)24/h2-3,6,13,15,19H,4-5,7-10H2,1H3,(H,20,23,24). The van der Waals surface area contributed by atoms with Crippen LogP contribution < -0.4 is 10.6 Å². The lowest BCUT2D eigenvalue weighted by Crippen LogP contribution is -2.56. The molecular weight excluding hydrogens is 320 g/mol. The number of imide groups is 1. The summed E-state index contributed by atoms with van der Waals surface area (Å²) in [4.78, 5) is 40.1. The molecule has 132 valence electrons. The van der Waals surface area contributed by atoms with E-state index >= 15 is 0 Å². The Morgan fingerprint density at radius 1 is 1.24 bits per heavy atom. The van der Waals surface area contributed by atoms with E-state index in [9.17, 15) is 14.4 Å². The molecule has 7 nitrogen and oxygen atoms in total. The fourth-order valence-electron chi connectivity index (χ4n) is 3.84. The van der Waals surface area contributed by atoms with Crippen LogP contribution in [0.5, 0.6) is 0 Å². The van der Waals surface area contributed by atoms with Gasteiger partial charge in [0.2, 0.25) is 11.8 Å². The summed E-state index contributed by atoms with van der Waals surface area (Å²) in [5.74, 6) is -0.735. The lowest BCUT2D eigenvalue weighted by atomic mass is 10.0. The van der Waals surface area contributed by atoms with Crippen LogP contribution in [0.25, 0.3) is 0 Å². The topological polar surface area (TPSA) is 81.8 Å². The first kappa shape index (κ1) is 16.2. The number of fused-ring (bicyclic) bond motifs is 1. The van der Waals surface area contributed by atoms with Crippen LogP contribution in [0.15, 0.2) is 18.2 Å². The Hall–Kier alpha value is -2.25. The molecule has 0 radical (unpaired) electrons. The molecule has 1 aromatic rings. The number of piperidine rings is 1. The van der Waals surface area contributed by atoms with Gasteiger partial charge in [0.25, 0.3) is 5.91 Å². The van der Waals surface area contributed by atoms with Crippen molar-refractivity contribution in [1.29, 1.82) is 0 Å². The summed E-state index contributed by atoms with van der Waals surface area (Å²) in [5.41, 5.74) is 2.76. The van der Waals surface area contributed by atoms with Crippen molar-refractivity contribution in [3.63, 3.8) is 0 Å². The number of nitrogens with one attached hydrogen (secondary N) is 2. The molecule has 25 heavy (non-hydrogen) atoms. The highest BCUT2D eigenvalue weighted by molar-refractivity contribution is 6.05. The fraction of sp³-hybridized carbons (Fsp3) is 0.500. The largest absolute Gasteiger partial charge is 0.322 e. The quantitative estimate of drug-likeness (QED) is 0.744. The summed E-state index contributed by atoms with van der Waals surface area (Å²) >= 11 is 0. The highest BCUT2D eigenvalue weighted by Gasteiger charge is 2.39. The van der Waals surface area contributed by atoms with Crippen LogP contribution in [0.3, 0.4) is 0 Å². The smallest absolute Gasteiger partial charge is 0.255 e. The number of benzene rings is 1. The molecule has 2 fully saturated rings. The maximum absolute atomic E-state index is 12.8. The minimum absolute atomic E-state index is 0.108. The van der Waals surface area contributed by atoms with E-state index in [2.05, 4.69) is 21.6 Å². The Bertz CT molecular complexity index is 742. The van der Waals surface area contributed by atoms with E-state index in [-0.39, 0.29) is 24.1 Å². The van der Waals surface area contributed by atoms with Crippen molar-refractivity contribution >= 4 is 17.7 Å². The van der Waals surface area contributed by atoms with Crippen molar-refractivity contribution in [1.82, 2.24) is 20.4 Å². The average molecular weight is 342 g/mol. The van der Waals surface area contributed by atoms with Gasteiger partial charge >= 0.3 is 0 Å². The Labute approximate surface area is 146 Å². The molecule has 3 heterocycles. The second-order valence-corrected chi connectivity index (χ2v) is 7.07. The first-order valence-corrected chi connectivity index (χ1v) is 8.71. The number of nitrogens with zero attached hydrogens (tertiary/aromatic N) is 2. The Kier molecular flexibility index (Phi) is 4.05. The molecule has 0 aromatic heterocycles. The monoisotopic (exact) mass is 342 g/mol. The molecule has 3 amide bonds. The lowest BCUT2D eigenvalue weighted by molar-refractivity contribution is -0.136. The Morgan fingerprint density at radius 3 is 2.76 bits per heavy atom. The molecule has 3 aliphatic heterocycles. The number of hydrogen-bond donors (Lipinski definition) is 2. The molecule has 3 aliphatic rings. The summed E-state index contributed by atoms with van der Waals surface area (Å²) in [7, 11) is 1.97. The van der Waals surface area contributed by atoms with Crippen LogP contribution >= 0.6 is 0 Å². The highest BCUT2D eigenvalue weighted by atomic mass is 16.2. The third-order valence-electron chi connectivity index (χ3n) is 5.36.